The lowest BCUT2D eigenvalue weighted by atomic mass is 10.2. The summed E-state index contributed by atoms with van der Waals surface area (Å²) in [6.45, 7) is 4.15. The van der Waals surface area contributed by atoms with Crippen LogP contribution < -0.4 is 5.56 Å². The Labute approximate surface area is 131 Å². The first-order valence-corrected chi connectivity index (χ1v) is 7.75. The van der Waals surface area contributed by atoms with Gasteiger partial charge in [0.05, 0.1) is 16.7 Å². The molecule has 0 spiro atoms. The molecule has 0 saturated carbocycles. The Hall–Kier alpha value is -2.41. The monoisotopic (exact) mass is 313 g/mol. The highest BCUT2D eigenvalue weighted by Crippen LogP contribution is 2.21. The zero-order chi connectivity index (χ0) is 15.5. The highest BCUT2D eigenvalue weighted by atomic mass is 32.2. The Balaban J connectivity index is 2.03. The Morgan fingerprint density at radius 1 is 1.36 bits per heavy atom. The highest BCUT2D eigenvalue weighted by Gasteiger charge is 2.11. The van der Waals surface area contributed by atoms with Crippen molar-refractivity contribution in [2.75, 3.05) is 0 Å². The minimum Gasteiger partial charge on any atom is -0.283 e. The molecule has 0 atom stereocenters. The molecule has 0 saturated heterocycles. The van der Waals surface area contributed by atoms with Gasteiger partial charge in [-0.3, -0.25) is 14.0 Å². The molecule has 0 radical (unpaired) electrons. The topological polar surface area (TPSA) is 65.6 Å². The molecule has 0 fully saturated rings. The molecule has 1 aromatic carbocycles. The van der Waals surface area contributed by atoms with Crippen molar-refractivity contribution < 1.29 is 0 Å². The van der Waals surface area contributed by atoms with E-state index in [1.54, 1.807) is 21.4 Å². The average molecular weight is 313 g/mol. The van der Waals surface area contributed by atoms with Crippen LogP contribution in [-0.4, -0.2) is 24.3 Å². The predicted molar refractivity (Wildman–Crippen MR) is 86.8 cm³/mol. The maximum absolute atomic E-state index is 12.6. The molecular formula is C15H15N5OS. The molecule has 2 aromatic heterocycles. The fraction of sp³-hybridized carbons (Fsp3) is 0.200. The molecule has 112 valence electrons. The van der Waals surface area contributed by atoms with Crippen LogP contribution >= 0.6 is 11.8 Å². The molecule has 3 rings (SSSR count). The van der Waals surface area contributed by atoms with Crippen LogP contribution in [0, 0.1) is 0 Å². The van der Waals surface area contributed by atoms with Crippen molar-refractivity contribution >= 4 is 22.7 Å². The molecule has 0 unspecified atom stereocenters. The number of nitrogens with zero attached hydrogens (tertiary/aromatic N) is 5. The SMILES string of the molecule is C=CCn1c(SCc2ncnn2C)nc2ccccc2c1=O. The quantitative estimate of drug-likeness (QED) is 0.409. The lowest BCUT2D eigenvalue weighted by Gasteiger charge is -2.11. The third-order valence-electron chi connectivity index (χ3n) is 3.27. The van der Waals surface area contributed by atoms with E-state index in [0.29, 0.717) is 28.4 Å². The summed E-state index contributed by atoms with van der Waals surface area (Å²) in [6.07, 6.45) is 3.21. The standard InChI is InChI=1S/C15H15N5OS/c1-3-8-20-14(21)11-6-4-5-7-12(11)18-15(20)22-9-13-16-10-17-19(13)2/h3-7,10H,1,8-9H2,2H3. The van der Waals surface area contributed by atoms with Crippen molar-refractivity contribution in [3.8, 4) is 0 Å². The van der Waals surface area contributed by atoms with E-state index in [0.717, 1.165) is 5.82 Å². The Morgan fingerprint density at radius 2 is 2.18 bits per heavy atom. The van der Waals surface area contributed by atoms with E-state index >= 15 is 0 Å². The first kappa shape index (κ1) is 14.5. The van der Waals surface area contributed by atoms with Crippen LogP contribution in [0.1, 0.15) is 5.82 Å². The second-order valence-corrected chi connectivity index (χ2v) is 5.65. The van der Waals surface area contributed by atoms with Gasteiger partial charge in [0.2, 0.25) is 0 Å². The number of fused-ring (bicyclic) bond motifs is 1. The summed E-state index contributed by atoms with van der Waals surface area (Å²) in [4.78, 5) is 21.4. The van der Waals surface area contributed by atoms with Gasteiger partial charge >= 0.3 is 0 Å². The van der Waals surface area contributed by atoms with E-state index in [-0.39, 0.29) is 5.56 Å². The number of aryl methyl sites for hydroxylation is 1. The minimum absolute atomic E-state index is 0.0500. The number of aromatic nitrogens is 5. The van der Waals surface area contributed by atoms with E-state index < -0.39 is 0 Å². The van der Waals surface area contributed by atoms with Gasteiger partial charge in [-0.2, -0.15) is 5.10 Å². The van der Waals surface area contributed by atoms with Crippen LogP contribution in [0.4, 0.5) is 0 Å². The third kappa shape index (κ3) is 2.67. The van der Waals surface area contributed by atoms with E-state index in [9.17, 15) is 4.79 Å². The van der Waals surface area contributed by atoms with Gasteiger partial charge in [-0.15, -0.1) is 6.58 Å². The minimum atomic E-state index is -0.0500. The molecule has 6 nitrogen and oxygen atoms in total. The number of thioether (sulfide) groups is 1. The van der Waals surface area contributed by atoms with Gasteiger partial charge < -0.3 is 0 Å². The van der Waals surface area contributed by atoms with Gasteiger partial charge in [-0.25, -0.2) is 9.97 Å². The molecule has 0 amide bonds. The van der Waals surface area contributed by atoms with E-state index in [2.05, 4.69) is 21.6 Å². The van der Waals surface area contributed by atoms with Gasteiger partial charge in [0.25, 0.3) is 5.56 Å². The molecule has 7 heteroatoms. The second-order valence-electron chi connectivity index (χ2n) is 4.70. The van der Waals surface area contributed by atoms with E-state index in [1.807, 2.05) is 25.2 Å². The van der Waals surface area contributed by atoms with Crippen molar-refractivity contribution in [2.45, 2.75) is 17.5 Å². The molecule has 0 aliphatic heterocycles. The lowest BCUT2D eigenvalue weighted by molar-refractivity contribution is 0.669. The van der Waals surface area contributed by atoms with E-state index in [1.165, 1.54) is 18.1 Å². The number of hydrogen-bond acceptors (Lipinski definition) is 5. The average Bonchev–Trinajstić information content (AvgIpc) is 2.94. The summed E-state index contributed by atoms with van der Waals surface area (Å²) < 4.78 is 3.35. The van der Waals surface area contributed by atoms with Crippen LogP contribution in [0.2, 0.25) is 0 Å². The fourth-order valence-electron chi connectivity index (χ4n) is 2.13. The predicted octanol–water partition coefficient (Wildman–Crippen LogP) is 2.00. The number of hydrogen-bond donors (Lipinski definition) is 0. The summed E-state index contributed by atoms with van der Waals surface area (Å²) in [5.74, 6) is 1.43. The molecule has 0 N–H and O–H groups in total. The summed E-state index contributed by atoms with van der Waals surface area (Å²) in [5, 5.41) is 5.32. The zero-order valence-electron chi connectivity index (χ0n) is 12.1. The molecular weight excluding hydrogens is 298 g/mol. The summed E-state index contributed by atoms with van der Waals surface area (Å²) in [6, 6.07) is 7.36. The Bertz CT molecular complexity index is 883. The number of para-hydroxylation sites is 1. The third-order valence-corrected chi connectivity index (χ3v) is 4.25. The van der Waals surface area contributed by atoms with Crippen molar-refractivity contribution in [3.63, 3.8) is 0 Å². The summed E-state index contributed by atoms with van der Waals surface area (Å²) in [7, 11) is 1.84. The molecule has 3 aromatic rings. The number of rotatable bonds is 5. The molecule has 0 aliphatic rings. The Kier molecular flexibility index (Phi) is 4.06. The van der Waals surface area contributed by atoms with Crippen LogP contribution in [0.5, 0.6) is 0 Å². The van der Waals surface area contributed by atoms with Crippen molar-refractivity contribution in [2.24, 2.45) is 7.05 Å². The molecule has 22 heavy (non-hydrogen) atoms. The van der Waals surface area contributed by atoms with Gasteiger partial charge in [0, 0.05) is 13.6 Å². The Morgan fingerprint density at radius 3 is 2.91 bits per heavy atom. The first-order valence-electron chi connectivity index (χ1n) is 6.77. The normalized spacial score (nSPS) is 11.0. The van der Waals surface area contributed by atoms with Crippen LogP contribution in [0.3, 0.4) is 0 Å². The lowest BCUT2D eigenvalue weighted by Crippen LogP contribution is -2.22. The molecule has 0 aliphatic carbocycles. The molecule has 0 bridgehead atoms. The summed E-state index contributed by atoms with van der Waals surface area (Å²) in [5.41, 5.74) is 0.652. The van der Waals surface area contributed by atoms with Crippen molar-refractivity contribution in [1.82, 2.24) is 24.3 Å². The van der Waals surface area contributed by atoms with Crippen molar-refractivity contribution in [3.05, 3.63) is 59.4 Å². The summed E-state index contributed by atoms with van der Waals surface area (Å²) >= 11 is 1.47. The highest BCUT2D eigenvalue weighted by molar-refractivity contribution is 7.98. The maximum Gasteiger partial charge on any atom is 0.262 e. The van der Waals surface area contributed by atoms with Crippen molar-refractivity contribution in [1.29, 1.82) is 0 Å². The van der Waals surface area contributed by atoms with Crippen LogP contribution in [0.25, 0.3) is 10.9 Å². The van der Waals surface area contributed by atoms with Gasteiger partial charge in [0.15, 0.2) is 5.16 Å². The van der Waals surface area contributed by atoms with Crippen LogP contribution in [0.15, 0.2) is 53.2 Å². The smallest absolute Gasteiger partial charge is 0.262 e. The largest absolute Gasteiger partial charge is 0.283 e. The van der Waals surface area contributed by atoms with E-state index in [4.69, 9.17) is 0 Å². The number of benzene rings is 1. The fourth-order valence-corrected chi connectivity index (χ4v) is 3.12. The number of allylic oxidation sites excluding steroid dienone is 1. The van der Waals surface area contributed by atoms with Gasteiger partial charge in [0.1, 0.15) is 12.2 Å². The van der Waals surface area contributed by atoms with Gasteiger partial charge in [-0.1, -0.05) is 30.0 Å². The van der Waals surface area contributed by atoms with Crippen LogP contribution in [-0.2, 0) is 19.3 Å². The second kappa shape index (κ2) is 6.15. The zero-order valence-corrected chi connectivity index (χ0v) is 13.0. The first-order chi connectivity index (χ1) is 10.7. The molecule has 2 heterocycles. The maximum atomic E-state index is 12.6. The van der Waals surface area contributed by atoms with Gasteiger partial charge in [-0.05, 0) is 12.1 Å².